The first kappa shape index (κ1) is 16.2. The van der Waals surface area contributed by atoms with Crippen LogP contribution >= 0.6 is 0 Å². The maximum absolute atomic E-state index is 11.9. The van der Waals surface area contributed by atoms with E-state index in [0.29, 0.717) is 18.5 Å². The molecule has 1 aromatic rings. The predicted molar refractivity (Wildman–Crippen MR) is 80.5 cm³/mol. The first-order chi connectivity index (χ1) is 9.63. The van der Waals surface area contributed by atoms with E-state index in [1.165, 1.54) is 0 Å². The average Bonchev–Trinajstić information content (AvgIpc) is 2.44. The number of amides is 2. The fourth-order valence-corrected chi connectivity index (χ4v) is 1.90. The smallest absolute Gasteiger partial charge is 0.251 e. The van der Waals surface area contributed by atoms with Crippen LogP contribution in [0.4, 0.5) is 0 Å². The zero-order valence-electron chi connectivity index (χ0n) is 12.3. The van der Waals surface area contributed by atoms with Crippen molar-refractivity contribution in [2.45, 2.75) is 45.6 Å². The molecular formula is C16H24N2O2. The molecule has 0 saturated carbocycles. The van der Waals surface area contributed by atoms with Gasteiger partial charge in [-0.05, 0) is 25.5 Å². The Hall–Kier alpha value is -1.84. The summed E-state index contributed by atoms with van der Waals surface area (Å²) in [7, 11) is 0. The molecule has 0 bridgehead atoms. The summed E-state index contributed by atoms with van der Waals surface area (Å²) >= 11 is 0. The van der Waals surface area contributed by atoms with Gasteiger partial charge in [0, 0.05) is 24.6 Å². The van der Waals surface area contributed by atoms with E-state index in [2.05, 4.69) is 17.6 Å². The van der Waals surface area contributed by atoms with E-state index in [9.17, 15) is 9.59 Å². The lowest BCUT2D eigenvalue weighted by Crippen LogP contribution is -2.37. The second-order valence-corrected chi connectivity index (χ2v) is 5.00. The minimum atomic E-state index is -0.172. The van der Waals surface area contributed by atoms with Crippen molar-refractivity contribution in [3.05, 3.63) is 35.9 Å². The van der Waals surface area contributed by atoms with Gasteiger partial charge in [-0.15, -0.1) is 0 Å². The molecule has 0 aliphatic carbocycles. The number of hydrogen-bond acceptors (Lipinski definition) is 2. The zero-order chi connectivity index (χ0) is 14.8. The number of unbranched alkanes of at least 4 members (excludes halogenated alkanes) is 2. The molecule has 0 spiro atoms. The Balaban J connectivity index is 2.27. The van der Waals surface area contributed by atoms with Crippen LogP contribution in [0.2, 0.25) is 0 Å². The fraction of sp³-hybridized carbons (Fsp3) is 0.500. The molecule has 1 atom stereocenters. The van der Waals surface area contributed by atoms with E-state index in [1.54, 1.807) is 12.1 Å². The minimum absolute atomic E-state index is 0.0121. The molecule has 20 heavy (non-hydrogen) atoms. The standard InChI is InChI=1S/C16H24N2O2/c1-3-4-8-11-17-15(19)12-13(2)18-16(20)14-9-6-5-7-10-14/h5-7,9-10,13H,3-4,8,11-12H2,1-2H3,(H,17,19)(H,18,20). The Kier molecular flexibility index (Phi) is 7.40. The van der Waals surface area contributed by atoms with E-state index in [4.69, 9.17) is 0 Å². The predicted octanol–water partition coefficient (Wildman–Crippen LogP) is 2.50. The number of nitrogens with one attached hydrogen (secondary N) is 2. The average molecular weight is 276 g/mol. The maximum atomic E-state index is 11.9. The molecule has 1 rings (SSSR count). The third-order valence-corrected chi connectivity index (χ3v) is 3.01. The Morgan fingerprint density at radius 2 is 1.85 bits per heavy atom. The number of carbonyl (C=O) groups is 2. The molecule has 110 valence electrons. The lowest BCUT2D eigenvalue weighted by molar-refractivity contribution is -0.121. The SMILES string of the molecule is CCCCCNC(=O)CC(C)NC(=O)c1ccccc1. The van der Waals surface area contributed by atoms with E-state index < -0.39 is 0 Å². The monoisotopic (exact) mass is 276 g/mol. The lowest BCUT2D eigenvalue weighted by atomic mass is 10.1. The molecule has 2 N–H and O–H groups in total. The molecule has 0 fully saturated rings. The highest BCUT2D eigenvalue weighted by Crippen LogP contribution is 2.00. The Morgan fingerprint density at radius 3 is 2.50 bits per heavy atom. The molecule has 0 aromatic heterocycles. The van der Waals surface area contributed by atoms with Crippen LogP contribution in [0.5, 0.6) is 0 Å². The second kappa shape index (κ2) is 9.13. The molecule has 4 nitrogen and oxygen atoms in total. The Labute approximate surface area is 121 Å². The van der Waals surface area contributed by atoms with Gasteiger partial charge in [0.25, 0.3) is 5.91 Å². The van der Waals surface area contributed by atoms with E-state index in [-0.39, 0.29) is 17.9 Å². The molecule has 1 unspecified atom stereocenters. The van der Waals surface area contributed by atoms with Gasteiger partial charge in [-0.3, -0.25) is 9.59 Å². The summed E-state index contributed by atoms with van der Waals surface area (Å²) in [5.74, 6) is -0.154. The van der Waals surface area contributed by atoms with E-state index in [1.807, 2.05) is 25.1 Å². The van der Waals surface area contributed by atoms with Gasteiger partial charge in [0.2, 0.25) is 5.91 Å². The highest BCUT2D eigenvalue weighted by atomic mass is 16.2. The summed E-state index contributed by atoms with van der Waals surface area (Å²) < 4.78 is 0. The normalized spacial score (nSPS) is 11.7. The summed E-state index contributed by atoms with van der Waals surface area (Å²) in [6.07, 6.45) is 3.58. The van der Waals surface area contributed by atoms with E-state index in [0.717, 1.165) is 19.3 Å². The van der Waals surface area contributed by atoms with Gasteiger partial charge in [-0.2, -0.15) is 0 Å². The summed E-state index contributed by atoms with van der Waals surface area (Å²) in [5.41, 5.74) is 0.614. The van der Waals surface area contributed by atoms with Crippen LogP contribution in [0.25, 0.3) is 0 Å². The highest BCUT2D eigenvalue weighted by molar-refractivity contribution is 5.94. The molecule has 0 saturated heterocycles. The molecule has 4 heteroatoms. The quantitative estimate of drug-likeness (QED) is 0.717. The first-order valence-corrected chi connectivity index (χ1v) is 7.26. The maximum Gasteiger partial charge on any atom is 0.251 e. The summed E-state index contributed by atoms with van der Waals surface area (Å²) in [4.78, 5) is 23.6. The number of rotatable bonds is 8. The summed E-state index contributed by atoms with van der Waals surface area (Å²) in [6, 6.07) is 8.85. The van der Waals surface area contributed by atoms with Crippen LogP contribution < -0.4 is 10.6 Å². The van der Waals surface area contributed by atoms with Crippen molar-refractivity contribution in [2.75, 3.05) is 6.54 Å². The highest BCUT2D eigenvalue weighted by Gasteiger charge is 2.12. The largest absolute Gasteiger partial charge is 0.356 e. The van der Waals surface area contributed by atoms with Crippen molar-refractivity contribution in [2.24, 2.45) is 0 Å². The van der Waals surface area contributed by atoms with Gasteiger partial charge in [0.15, 0.2) is 0 Å². The van der Waals surface area contributed by atoms with Crippen molar-refractivity contribution >= 4 is 11.8 Å². The first-order valence-electron chi connectivity index (χ1n) is 7.26. The fourth-order valence-electron chi connectivity index (χ4n) is 1.90. The van der Waals surface area contributed by atoms with Gasteiger partial charge in [0.1, 0.15) is 0 Å². The lowest BCUT2D eigenvalue weighted by Gasteiger charge is -2.13. The topological polar surface area (TPSA) is 58.2 Å². The van der Waals surface area contributed by atoms with Gasteiger partial charge in [0.05, 0.1) is 0 Å². The summed E-state index contributed by atoms with van der Waals surface area (Å²) in [6.45, 7) is 4.68. The zero-order valence-corrected chi connectivity index (χ0v) is 12.3. The van der Waals surface area contributed by atoms with Crippen LogP contribution in [0.3, 0.4) is 0 Å². The number of benzene rings is 1. The number of hydrogen-bond donors (Lipinski definition) is 2. The minimum Gasteiger partial charge on any atom is -0.356 e. The van der Waals surface area contributed by atoms with Crippen LogP contribution in [0.1, 0.15) is 49.9 Å². The third-order valence-electron chi connectivity index (χ3n) is 3.01. The van der Waals surface area contributed by atoms with Gasteiger partial charge < -0.3 is 10.6 Å². The molecule has 2 amide bonds. The van der Waals surface area contributed by atoms with Crippen molar-refractivity contribution in [3.8, 4) is 0 Å². The molecular weight excluding hydrogens is 252 g/mol. The Morgan fingerprint density at radius 1 is 1.15 bits per heavy atom. The van der Waals surface area contributed by atoms with Crippen molar-refractivity contribution < 1.29 is 9.59 Å². The van der Waals surface area contributed by atoms with Gasteiger partial charge in [-0.25, -0.2) is 0 Å². The molecule has 0 heterocycles. The van der Waals surface area contributed by atoms with Gasteiger partial charge >= 0.3 is 0 Å². The van der Waals surface area contributed by atoms with Crippen LogP contribution in [-0.4, -0.2) is 24.4 Å². The van der Waals surface area contributed by atoms with Crippen LogP contribution in [0.15, 0.2) is 30.3 Å². The molecule has 0 aliphatic heterocycles. The second-order valence-electron chi connectivity index (χ2n) is 5.00. The third kappa shape index (κ3) is 6.36. The van der Waals surface area contributed by atoms with E-state index >= 15 is 0 Å². The van der Waals surface area contributed by atoms with Gasteiger partial charge in [-0.1, -0.05) is 38.0 Å². The van der Waals surface area contributed by atoms with Crippen molar-refractivity contribution in [1.82, 2.24) is 10.6 Å². The van der Waals surface area contributed by atoms with Crippen molar-refractivity contribution in [1.29, 1.82) is 0 Å². The summed E-state index contributed by atoms with van der Waals surface area (Å²) in [5, 5.41) is 5.70. The van der Waals surface area contributed by atoms with Crippen LogP contribution in [-0.2, 0) is 4.79 Å². The molecule has 0 aliphatic rings. The van der Waals surface area contributed by atoms with Crippen molar-refractivity contribution in [3.63, 3.8) is 0 Å². The molecule has 1 aromatic carbocycles. The number of carbonyl (C=O) groups excluding carboxylic acids is 2. The molecule has 0 radical (unpaired) electrons. The Bertz CT molecular complexity index is 418. The van der Waals surface area contributed by atoms with Crippen LogP contribution in [0, 0.1) is 0 Å².